The molecule has 1 aromatic rings. The van der Waals surface area contributed by atoms with E-state index in [2.05, 4.69) is 19.1 Å². The van der Waals surface area contributed by atoms with Crippen LogP contribution in [0.1, 0.15) is 82.6 Å². The Bertz CT molecular complexity index is 563. The Morgan fingerprint density at radius 2 is 1.56 bits per heavy atom. The average molecular weight is 363 g/mol. The molecule has 0 N–H and O–H groups in total. The highest BCUT2D eigenvalue weighted by molar-refractivity contribution is 6.30. The van der Waals surface area contributed by atoms with E-state index in [4.69, 9.17) is 11.6 Å². The Morgan fingerprint density at radius 1 is 0.960 bits per heavy atom. The normalized spacial score (nSPS) is 30.7. The maximum Gasteiger partial charge on any atom is 0.141 e. The highest BCUT2D eigenvalue weighted by Gasteiger charge is 2.25. The van der Waals surface area contributed by atoms with Crippen LogP contribution in [0, 0.1) is 23.6 Å². The van der Waals surface area contributed by atoms with Gasteiger partial charge in [-0.2, -0.15) is 0 Å². The van der Waals surface area contributed by atoms with Crippen LogP contribution in [0.4, 0.5) is 4.39 Å². The molecule has 138 valence electrons. The summed E-state index contributed by atoms with van der Waals surface area (Å²) in [7, 11) is 0. The van der Waals surface area contributed by atoms with Gasteiger partial charge in [-0.1, -0.05) is 42.7 Å². The lowest BCUT2D eigenvalue weighted by Gasteiger charge is -2.31. The first-order valence-corrected chi connectivity index (χ1v) is 10.6. The van der Waals surface area contributed by atoms with Crippen LogP contribution in [-0.4, -0.2) is 0 Å². The van der Waals surface area contributed by atoms with Crippen molar-refractivity contribution in [3.05, 3.63) is 46.8 Å². The Morgan fingerprint density at radius 3 is 2.12 bits per heavy atom. The van der Waals surface area contributed by atoms with E-state index >= 15 is 0 Å². The van der Waals surface area contributed by atoms with Crippen LogP contribution in [0.15, 0.2) is 30.4 Å². The molecule has 0 saturated heterocycles. The molecule has 25 heavy (non-hydrogen) atoms. The number of hydrogen-bond donors (Lipinski definition) is 0. The summed E-state index contributed by atoms with van der Waals surface area (Å²) >= 11 is 5.95. The van der Waals surface area contributed by atoms with Crippen LogP contribution in [0.3, 0.4) is 0 Å². The fourth-order valence-electron chi connectivity index (χ4n) is 4.96. The van der Waals surface area contributed by atoms with Gasteiger partial charge in [-0.15, -0.1) is 0 Å². The van der Waals surface area contributed by atoms with Gasteiger partial charge in [0.1, 0.15) is 5.82 Å². The lowest BCUT2D eigenvalue weighted by molar-refractivity contribution is 0.246. The van der Waals surface area contributed by atoms with E-state index in [0.29, 0.717) is 5.92 Å². The van der Waals surface area contributed by atoms with Gasteiger partial charge in [-0.25, -0.2) is 4.39 Å². The highest BCUT2D eigenvalue weighted by Crippen LogP contribution is 2.40. The van der Waals surface area contributed by atoms with Crippen molar-refractivity contribution in [1.82, 2.24) is 0 Å². The number of halogens is 2. The van der Waals surface area contributed by atoms with Gasteiger partial charge in [-0.05, 0) is 99.7 Å². The molecule has 2 aliphatic carbocycles. The summed E-state index contributed by atoms with van der Waals surface area (Å²) in [6.07, 6.45) is 18.2. The number of hydrogen-bond acceptors (Lipinski definition) is 0. The van der Waals surface area contributed by atoms with Crippen LogP contribution in [0.5, 0.6) is 0 Å². The average Bonchev–Trinajstić information content (AvgIpc) is 2.64. The summed E-state index contributed by atoms with van der Waals surface area (Å²) in [5, 5.41) is 0.271. The zero-order valence-corrected chi connectivity index (χ0v) is 16.3. The molecule has 2 fully saturated rings. The van der Waals surface area contributed by atoms with Gasteiger partial charge in [0.25, 0.3) is 0 Å². The lowest BCUT2D eigenvalue weighted by atomic mass is 9.74. The number of benzene rings is 1. The van der Waals surface area contributed by atoms with Gasteiger partial charge in [0.2, 0.25) is 0 Å². The van der Waals surface area contributed by atoms with Crippen molar-refractivity contribution in [2.45, 2.75) is 77.0 Å². The molecule has 0 spiro atoms. The van der Waals surface area contributed by atoms with E-state index in [0.717, 1.165) is 17.8 Å². The van der Waals surface area contributed by atoms with Crippen molar-refractivity contribution in [2.75, 3.05) is 0 Å². The molecule has 0 amide bonds. The minimum absolute atomic E-state index is 0.271. The van der Waals surface area contributed by atoms with Gasteiger partial charge >= 0.3 is 0 Å². The fourth-order valence-corrected chi connectivity index (χ4v) is 5.15. The lowest BCUT2D eigenvalue weighted by Crippen LogP contribution is -2.17. The molecule has 0 aliphatic heterocycles. The molecular weight excluding hydrogens is 331 g/mol. The van der Waals surface area contributed by atoms with E-state index in [-0.39, 0.29) is 10.8 Å². The summed E-state index contributed by atoms with van der Waals surface area (Å²) in [6, 6.07) is 5.29. The van der Waals surface area contributed by atoms with E-state index in [1.807, 2.05) is 12.1 Å². The molecule has 1 aromatic carbocycles. The molecule has 3 rings (SSSR count). The largest absolute Gasteiger partial charge is 0.205 e. The molecule has 2 heteroatoms. The van der Waals surface area contributed by atoms with Gasteiger partial charge < -0.3 is 0 Å². The molecule has 0 bridgehead atoms. The van der Waals surface area contributed by atoms with Crippen molar-refractivity contribution in [3.63, 3.8) is 0 Å². The first kappa shape index (κ1) is 19.0. The molecule has 2 aliphatic rings. The van der Waals surface area contributed by atoms with Gasteiger partial charge in [0, 0.05) is 0 Å². The maximum atomic E-state index is 13.3. The minimum Gasteiger partial charge on any atom is -0.205 e. The molecule has 0 heterocycles. The second kappa shape index (κ2) is 9.21. The van der Waals surface area contributed by atoms with Crippen LogP contribution in [-0.2, 0) is 0 Å². The Kier molecular flexibility index (Phi) is 6.99. The van der Waals surface area contributed by atoms with Gasteiger partial charge in [0.15, 0.2) is 0 Å². The zero-order valence-electron chi connectivity index (χ0n) is 15.5. The van der Waals surface area contributed by atoms with E-state index in [1.165, 1.54) is 75.8 Å². The quantitative estimate of drug-likeness (QED) is 0.466. The second-order valence-corrected chi connectivity index (χ2v) is 8.68. The van der Waals surface area contributed by atoms with E-state index in [9.17, 15) is 4.39 Å². The molecular formula is C23H32ClF. The molecule has 2 saturated carbocycles. The molecule has 0 aromatic heterocycles. The zero-order chi connectivity index (χ0) is 17.6. The van der Waals surface area contributed by atoms with Gasteiger partial charge in [0.05, 0.1) is 5.02 Å². The molecule has 0 unspecified atom stereocenters. The predicted octanol–water partition coefficient (Wildman–Crippen LogP) is 7.92. The first-order valence-electron chi connectivity index (χ1n) is 10.2. The summed E-state index contributed by atoms with van der Waals surface area (Å²) < 4.78 is 13.3. The number of rotatable bonds is 5. The minimum atomic E-state index is -0.303. The number of allylic oxidation sites excluding steroid dienone is 2. The van der Waals surface area contributed by atoms with E-state index in [1.54, 1.807) is 0 Å². The third-order valence-corrected chi connectivity index (χ3v) is 6.89. The predicted molar refractivity (Wildman–Crippen MR) is 106 cm³/mol. The summed E-state index contributed by atoms with van der Waals surface area (Å²) in [6.45, 7) is 2.14. The Hall–Kier alpha value is -0.820. The third-order valence-electron chi connectivity index (χ3n) is 6.60. The topological polar surface area (TPSA) is 0 Å². The second-order valence-electron chi connectivity index (χ2n) is 8.28. The van der Waals surface area contributed by atoms with Crippen molar-refractivity contribution >= 4 is 11.6 Å². The van der Waals surface area contributed by atoms with Crippen LogP contribution in [0.2, 0.25) is 5.02 Å². The standard InChI is InChI=1S/C23H32ClF/c1-2-3-17-4-6-18(7-5-17)8-9-19-10-12-20(13-11-19)21-14-15-23(25)22(24)16-21/h2-3,14-20H,4-13H2,1H3/b3-2+/t17-,18-,19-,20-. The molecule has 0 nitrogen and oxygen atoms in total. The highest BCUT2D eigenvalue weighted by atomic mass is 35.5. The summed E-state index contributed by atoms with van der Waals surface area (Å²) in [4.78, 5) is 0. The molecule has 0 atom stereocenters. The van der Waals surface area contributed by atoms with E-state index < -0.39 is 0 Å². The maximum absolute atomic E-state index is 13.3. The van der Waals surface area contributed by atoms with Crippen molar-refractivity contribution in [2.24, 2.45) is 17.8 Å². The third kappa shape index (κ3) is 5.33. The molecule has 0 radical (unpaired) electrons. The van der Waals surface area contributed by atoms with Crippen LogP contribution in [0.25, 0.3) is 0 Å². The van der Waals surface area contributed by atoms with Crippen LogP contribution >= 0.6 is 11.6 Å². The Labute approximate surface area is 157 Å². The van der Waals surface area contributed by atoms with Crippen molar-refractivity contribution < 1.29 is 4.39 Å². The van der Waals surface area contributed by atoms with Gasteiger partial charge in [-0.3, -0.25) is 0 Å². The van der Waals surface area contributed by atoms with Crippen molar-refractivity contribution in [3.8, 4) is 0 Å². The SMILES string of the molecule is C/C=C/[C@H]1CC[C@H](CC[C@H]2CC[C@H](c3ccc(F)c(Cl)c3)CC2)CC1. The monoisotopic (exact) mass is 362 g/mol. The fraction of sp³-hybridized carbons (Fsp3) is 0.652. The summed E-state index contributed by atoms with van der Waals surface area (Å²) in [5.74, 6) is 2.99. The van der Waals surface area contributed by atoms with Crippen LogP contribution < -0.4 is 0 Å². The smallest absolute Gasteiger partial charge is 0.141 e. The Balaban J connectivity index is 1.39. The summed E-state index contributed by atoms with van der Waals surface area (Å²) in [5.41, 5.74) is 1.23. The van der Waals surface area contributed by atoms with Crippen molar-refractivity contribution in [1.29, 1.82) is 0 Å². The first-order chi connectivity index (χ1) is 12.2.